The molecule has 2 aliphatic heterocycles. The van der Waals surface area contributed by atoms with Crippen molar-refractivity contribution in [3.8, 4) is 22.6 Å². The maximum atomic E-state index is 13.3. The quantitative estimate of drug-likeness (QED) is 0.756. The van der Waals surface area contributed by atoms with Crippen molar-refractivity contribution in [3.63, 3.8) is 0 Å². The van der Waals surface area contributed by atoms with Gasteiger partial charge in [0.25, 0.3) is 5.91 Å². The molecule has 31 heavy (non-hydrogen) atoms. The molecule has 1 atom stereocenters. The van der Waals surface area contributed by atoms with E-state index in [1.807, 2.05) is 12.1 Å². The van der Waals surface area contributed by atoms with E-state index in [1.54, 1.807) is 38.5 Å². The van der Waals surface area contributed by atoms with E-state index in [-0.39, 0.29) is 31.4 Å². The molecule has 9 nitrogen and oxygen atoms in total. The van der Waals surface area contributed by atoms with Crippen molar-refractivity contribution in [3.05, 3.63) is 42.0 Å². The minimum Gasteiger partial charge on any atom is -0.497 e. The van der Waals surface area contributed by atoms with Crippen LogP contribution < -0.4 is 14.8 Å². The van der Waals surface area contributed by atoms with Crippen LogP contribution in [0.3, 0.4) is 0 Å². The molecule has 1 fully saturated rings. The van der Waals surface area contributed by atoms with Crippen molar-refractivity contribution in [2.24, 2.45) is 0 Å². The highest BCUT2D eigenvalue weighted by Crippen LogP contribution is 2.36. The van der Waals surface area contributed by atoms with Gasteiger partial charge in [-0.3, -0.25) is 14.4 Å². The molecule has 0 spiro atoms. The van der Waals surface area contributed by atoms with Crippen LogP contribution in [0.4, 0.5) is 5.69 Å². The van der Waals surface area contributed by atoms with Gasteiger partial charge in [-0.25, -0.2) is 0 Å². The van der Waals surface area contributed by atoms with Crippen molar-refractivity contribution >= 4 is 23.4 Å². The molecule has 0 aromatic heterocycles. The second kappa shape index (κ2) is 8.27. The number of fused-ring (bicyclic) bond motifs is 2. The largest absolute Gasteiger partial charge is 0.497 e. The van der Waals surface area contributed by atoms with Crippen LogP contribution in [0.2, 0.25) is 0 Å². The highest BCUT2D eigenvalue weighted by atomic mass is 16.5. The third-order valence-electron chi connectivity index (χ3n) is 5.66. The maximum Gasteiger partial charge on any atom is 0.256 e. The Hall–Kier alpha value is -3.59. The smallest absolute Gasteiger partial charge is 0.256 e. The predicted molar refractivity (Wildman–Crippen MR) is 112 cm³/mol. The standard InChI is InChI=1S/C22H23N3O6/c1-30-14-4-5-15(19(10-14)31-2)13-3-6-17-16(9-13)22(29)25-8-7-24(20(27)12-26)11-18(25)21(28)23-17/h3-6,9-10,18,26H,7-8,11-12H2,1-2H3,(H,23,28). The van der Waals surface area contributed by atoms with Crippen LogP contribution in [0, 0.1) is 0 Å². The van der Waals surface area contributed by atoms with Crippen LogP contribution >= 0.6 is 0 Å². The zero-order valence-corrected chi connectivity index (χ0v) is 17.3. The predicted octanol–water partition coefficient (Wildman–Crippen LogP) is 0.968. The van der Waals surface area contributed by atoms with E-state index in [9.17, 15) is 14.4 Å². The Kier molecular flexibility index (Phi) is 5.51. The number of piperazine rings is 1. The number of nitrogens with one attached hydrogen (secondary N) is 1. The molecule has 0 radical (unpaired) electrons. The minimum atomic E-state index is -0.817. The van der Waals surface area contributed by atoms with Gasteiger partial charge in [-0.15, -0.1) is 0 Å². The zero-order valence-electron chi connectivity index (χ0n) is 17.3. The molecule has 2 N–H and O–H groups in total. The van der Waals surface area contributed by atoms with Gasteiger partial charge in [-0.05, 0) is 29.8 Å². The van der Waals surface area contributed by atoms with Gasteiger partial charge >= 0.3 is 0 Å². The summed E-state index contributed by atoms with van der Waals surface area (Å²) in [6.45, 7) is -0.117. The molecule has 2 aromatic carbocycles. The lowest BCUT2D eigenvalue weighted by Crippen LogP contribution is -2.59. The van der Waals surface area contributed by atoms with E-state index < -0.39 is 18.6 Å². The van der Waals surface area contributed by atoms with Crippen LogP contribution in [-0.2, 0) is 9.59 Å². The average Bonchev–Trinajstić information content (AvgIpc) is 2.91. The summed E-state index contributed by atoms with van der Waals surface area (Å²) in [5, 5.41) is 11.9. The number of rotatable bonds is 4. The molecule has 0 saturated carbocycles. The zero-order chi connectivity index (χ0) is 22.1. The van der Waals surface area contributed by atoms with Crippen molar-refractivity contribution in [2.45, 2.75) is 6.04 Å². The molecule has 2 aromatic rings. The van der Waals surface area contributed by atoms with Crippen LogP contribution in [-0.4, -0.2) is 79.1 Å². The summed E-state index contributed by atoms with van der Waals surface area (Å²) in [6, 6.07) is 9.83. The number of carbonyl (C=O) groups is 3. The molecule has 9 heteroatoms. The molecule has 1 saturated heterocycles. The summed E-state index contributed by atoms with van der Waals surface area (Å²) in [6.07, 6.45) is 0. The first-order chi connectivity index (χ1) is 15.0. The number of benzene rings is 2. The van der Waals surface area contributed by atoms with Gasteiger partial charge in [0.1, 0.15) is 24.1 Å². The topological polar surface area (TPSA) is 108 Å². The Morgan fingerprint density at radius 3 is 2.61 bits per heavy atom. The van der Waals surface area contributed by atoms with Crippen LogP contribution in [0.1, 0.15) is 10.4 Å². The molecular formula is C22H23N3O6. The van der Waals surface area contributed by atoms with Crippen LogP contribution in [0.25, 0.3) is 11.1 Å². The van der Waals surface area contributed by atoms with E-state index in [0.717, 1.165) is 11.1 Å². The third-order valence-corrected chi connectivity index (χ3v) is 5.66. The Balaban J connectivity index is 1.70. The summed E-state index contributed by atoms with van der Waals surface area (Å²) in [7, 11) is 3.13. The minimum absolute atomic E-state index is 0.0457. The molecule has 1 unspecified atom stereocenters. The van der Waals surface area contributed by atoms with Crippen molar-refractivity contribution in [1.29, 1.82) is 0 Å². The van der Waals surface area contributed by atoms with Gasteiger partial charge in [-0.2, -0.15) is 0 Å². The number of ether oxygens (including phenoxy) is 2. The number of aliphatic hydroxyl groups is 1. The summed E-state index contributed by atoms with van der Waals surface area (Å²) in [4.78, 5) is 40.9. The van der Waals surface area contributed by atoms with Crippen molar-refractivity contribution in [2.75, 3.05) is 45.8 Å². The normalized spacial score (nSPS) is 18.0. The molecule has 2 aliphatic rings. The Bertz CT molecular complexity index is 1050. The second-order valence-corrected chi connectivity index (χ2v) is 7.33. The number of amides is 3. The fourth-order valence-corrected chi connectivity index (χ4v) is 3.98. The maximum absolute atomic E-state index is 13.3. The lowest BCUT2D eigenvalue weighted by molar-refractivity contribution is -0.138. The fraction of sp³-hybridized carbons (Fsp3) is 0.318. The van der Waals surface area contributed by atoms with Crippen molar-refractivity contribution in [1.82, 2.24) is 9.80 Å². The van der Waals surface area contributed by atoms with Crippen LogP contribution in [0.15, 0.2) is 36.4 Å². The van der Waals surface area contributed by atoms with E-state index in [1.165, 1.54) is 9.80 Å². The molecule has 4 rings (SSSR count). The van der Waals surface area contributed by atoms with Gasteiger partial charge in [-0.1, -0.05) is 6.07 Å². The molecule has 2 heterocycles. The van der Waals surface area contributed by atoms with Gasteiger partial charge in [0, 0.05) is 24.7 Å². The van der Waals surface area contributed by atoms with Gasteiger partial charge in [0.05, 0.1) is 32.0 Å². The fourth-order valence-electron chi connectivity index (χ4n) is 3.98. The van der Waals surface area contributed by atoms with Gasteiger partial charge in [0.2, 0.25) is 11.8 Å². The number of anilines is 1. The number of aliphatic hydroxyl groups excluding tert-OH is 1. The Morgan fingerprint density at radius 1 is 1.10 bits per heavy atom. The third kappa shape index (κ3) is 3.68. The van der Waals surface area contributed by atoms with E-state index in [2.05, 4.69) is 5.32 Å². The first-order valence-corrected chi connectivity index (χ1v) is 9.83. The van der Waals surface area contributed by atoms with Crippen molar-refractivity contribution < 1.29 is 29.0 Å². The van der Waals surface area contributed by atoms with Crippen LogP contribution in [0.5, 0.6) is 11.5 Å². The number of methoxy groups -OCH3 is 2. The highest BCUT2D eigenvalue weighted by molar-refractivity contribution is 6.11. The molecular weight excluding hydrogens is 402 g/mol. The Morgan fingerprint density at radius 2 is 1.90 bits per heavy atom. The molecule has 3 amide bonds. The first-order valence-electron chi connectivity index (χ1n) is 9.83. The van der Waals surface area contributed by atoms with Gasteiger partial charge in [0.15, 0.2) is 0 Å². The Labute approximate surface area is 179 Å². The number of nitrogens with zero attached hydrogens (tertiary/aromatic N) is 2. The summed E-state index contributed by atoms with van der Waals surface area (Å²) in [5.41, 5.74) is 2.33. The second-order valence-electron chi connectivity index (χ2n) is 7.33. The number of hydrogen-bond donors (Lipinski definition) is 2. The lowest BCUT2D eigenvalue weighted by atomic mass is 10.00. The number of hydrogen-bond acceptors (Lipinski definition) is 6. The summed E-state index contributed by atoms with van der Waals surface area (Å²) < 4.78 is 10.7. The van der Waals surface area contributed by atoms with E-state index in [0.29, 0.717) is 22.7 Å². The highest BCUT2D eigenvalue weighted by Gasteiger charge is 2.40. The molecule has 0 aliphatic carbocycles. The monoisotopic (exact) mass is 425 g/mol. The van der Waals surface area contributed by atoms with Gasteiger partial charge < -0.3 is 29.7 Å². The summed E-state index contributed by atoms with van der Waals surface area (Å²) >= 11 is 0. The SMILES string of the molecule is COc1ccc(-c2ccc3c(c2)C(=O)N2CCN(C(=O)CO)CC2C(=O)N3)c(OC)c1. The first kappa shape index (κ1) is 20.7. The lowest BCUT2D eigenvalue weighted by Gasteiger charge is -2.39. The van der Waals surface area contributed by atoms with E-state index in [4.69, 9.17) is 14.6 Å². The number of carbonyl (C=O) groups excluding carboxylic acids is 3. The molecule has 0 bridgehead atoms. The average molecular weight is 425 g/mol. The van der Waals surface area contributed by atoms with E-state index >= 15 is 0 Å². The molecule has 162 valence electrons. The summed E-state index contributed by atoms with van der Waals surface area (Å²) in [5.74, 6) is 0.131.